The van der Waals surface area contributed by atoms with E-state index in [0.717, 1.165) is 18.7 Å². The van der Waals surface area contributed by atoms with E-state index in [-0.39, 0.29) is 29.5 Å². The summed E-state index contributed by atoms with van der Waals surface area (Å²) in [6.07, 6.45) is 2.48. The molecule has 2 atom stereocenters. The average Bonchev–Trinajstić information content (AvgIpc) is 3.30. The molecule has 0 radical (unpaired) electrons. The molecule has 0 bridgehead atoms. The second-order valence-electron chi connectivity index (χ2n) is 7.61. The molecule has 1 aliphatic carbocycles. The van der Waals surface area contributed by atoms with Crippen molar-refractivity contribution in [3.05, 3.63) is 34.3 Å². The normalized spacial score (nSPS) is 28.8. The highest BCUT2D eigenvalue weighted by atomic mass is 35.5. The van der Waals surface area contributed by atoms with Crippen LogP contribution in [0.25, 0.3) is 0 Å². The number of carbonyl (C=O) groups excluding carboxylic acids is 1. The number of rotatable bonds is 3. The topological polar surface area (TPSA) is 57.7 Å². The lowest BCUT2D eigenvalue weighted by atomic mass is 10.0. The summed E-state index contributed by atoms with van der Waals surface area (Å²) in [6.45, 7) is 4.19. The number of aryl methyl sites for hydroxylation is 1. The van der Waals surface area contributed by atoms with Crippen molar-refractivity contribution in [3.8, 4) is 0 Å². The first-order chi connectivity index (χ1) is 11.8. The van der Waals surface area contributed by atoms with Crippen molar-refractivity contribution in [2.45, 2.75) is 31.8 Å². The molecule has 1 amide bonds. The maximum absolute atomic E-state index is 13.0. The predicted octanol–water partition coefficient (Wildman–Crippen LogP) is 1.98. The minimum Gasteiger partial charge on any atom is -0.332 e. The van der Waals surface area contributed by atoms with Crippen molar-refractivity contribution in [1.82, 2.24) is 9.80 Å². The van der Waals surface area contributed by atoms with Gasteiger partial charge in [0.05, 0.1) is 17.5 Å². The lowest BCUT2D eigenvalue weighted by molar-refractivity contribution is 0.0318. The Morgan fingerprint density at radius 1 is 1.20 bits per heavy atom. The van der Waals surface area contributed by atoms with Gasteiger partial charge in [0.2, 0.25) is 0 Å². The first-order valence-electron chi connectivity index (χ1n) is 8.86. The fourth-order valence-electron chi connectivity index (χ4n) is 4.03. The van der Waals surface area contributed by atoms with Crippen molar-refractivity contribution in [1.29, 1.82) is 0 Å². The van der Waals surface area contributed by atoms with Gasteiger partial charge in [-0.15, -0.1) is 0 Å². The van der Waals surface area contributed by atoms with Gasteiger partial charge in [0.1, 0.15) is 0 Å². The average molecular weight is 383 g/mol. The van der Waals surface area contributed by atoms with Crippen LogP contribution in [0, 0.1) is 12.8 Å². The predicted molar refractivity (Wildman–Crippen MR) is 97.8 cm³/mol. The number of benzene rings is 1. The minimum atomic E-state index is -3.10. The number of amides is 1. The van der Waals surface area contributed by atoms with E-state index in [2.05, 4.69) is 4.90 Å². The van der Waals surface area contributed by atoms with Crippen LogP contribution in [0.5, 0.6) is 0 Å². The molecule has 1 aromatic rings. The molecule has 3 fully saturated rings. The fraction of sp³-hybridized carbons (Fsp3) is 0.611. The highest BCUT2D eigenvalue weighted by Gasteiger charge is 2.48. The van der Waals surface area contributed by atoms with Gasteiger partial charge in [0, 0.05) is 36.3 Å². The SMILES string of the molecule is Cc1ccc(C(=O)N2CCN(CC3CC3)C3CS(=O)(=O)CC32)cc1Cl. The number of nitrogens with zero attached hydrogens (tertiary/aromatic N) is 2. The zero-order valence-corrected chi connectivity index (χ0v) is 15.9. The van der Waals surface area contributed by atoms with Crippen LogP contribution in [0.3, 0.4) is 0 Å². The molecule has 1 aromatic carbocycles. The van der Waals surface area contributed by atoms with Crippen molar-refractivity contribution in [3.63, 3.8) is 0 Å². The molecule has 0 spiro atoms. The molecule has 1 saturated carbocycles. The van der Waals surface area contributed by atoms with E-state index in [4.69, 9.17) is 11.6 Å². The molecular formula is C18H23ClN2O3S. The Balaban J connectivity index is 1.59. The Kier molecular flexibility index (Phi) is 4.33. The molecule has 7 heteroatoms. The van der Waals surface area contributed by atoms with Crippen LogP contribution in [0.1, 0.15) is 28.8 Å². The van der Waals surface area contributed by atoms with E-state index < -0.39 is 9.84 Å². The smallest absolute Gasteiger partial charge is 0.254 e. The molecule has 25 heavy (non-hydrogen) atoms. The molecule has 2 heterocycles. The standard InChI is InChI=1S/C18H23ClN2O3S/c1-12-2-5-14(8-15(12)19)18(22)21-7-6-20(9-13-3-4-13)16-10-25(23,24)11-17(16)21/h2,5,8,13,16-17H,3-4,6-7,9-11H2,1H3. The quantitative estimate of drug-likeness (QED) is 0.802. The van der Waals surface area contributed by atoms with Crippen molar-refractivity contribution in [2.75, 3.05) is 31.1 Å². The van der Waals surface area contributed by atoms with Gasteiger partial charge < -0.3 is 4.90 Å². The lowest BCUT2D eigenvalue weighted by Gasteiger charge is -2.44. The number of carbonyl (C=O) groups is 1. The molecular weight excluding hydrogens is 360 g/mol. The van der Waals surface area contributed by atoms with Crippen LogP contribution in [0.2, 0.25) is 5.02 Å². The third-order valence-corrected chi connectivity index (χ3v) is 7.77. The number of fused-ring (bicyclic) bond motifs is 1. The fourth-order valence-corrected chi connectivity index (χ4v) is 6.22. The van der Waals surface area contributed by atoms with Crippen LogP contribution in [-0.2, 0) is 9.84 Å². The zero-order valence-electron chi connectivity index (χ0n) is 14.3. The van der Waals surface area contributed by atoms with Crippen molar-refractivity contribution in [2.24, 2.45) is 5.92 Å². The van der Waals surface area contributed by atoms with Crippen LogP contribution in [-0.4, -0.2) is 67.3 Å². The van der Waals surface area contributed by atoms with Crippen LogP contribution >= 0.6 is 11.6 Å². The Morgan fingerprint density at radius 3 is 2.60 bits per heavy atom. The molecule has 0 N–H and O–H groups in total. The Morgan fingerprint density at radius 2 is 1.92 bits per heavy atom. The van der Waals surface area contributed by atoms with Gasteiger partial charge >= 0.3 is 0 Å². The zero-order chi connectivity index (χ0) is 17.8. The third kappa shape index (κ3) is 3.44. The van der Waals surface area contributed by atoms with Gasteiger partial charge in [0.15, 0.2) is 9.84 Å². The number of piperazine rings is 1. The summed E-state index contributed by atoms with van der Waals surface area (Å²) < 4.78 is 24.5. The summed E-state index contributed by atoms with van der Waals surface area (Å²) in [5.41, 5.74) is 1.46. The molecule has 2 aliphatic heterocycles. The maximum Gasteiger partial charge on any atom is 0.254 e. The minimum absolute atomic E-state index is 0.0655. The molecule has 2 unspecified atom stereocenters. The van der Waals surface area contributed by atoms with E-state index in [9.17, 15) is 13.2 Å². The van der Waals surface area contributed by atoms with E-state index in [1.807, 2.05) is 13.0 Å². The van der Waals surface area contributed by atoms with Crippen LogP contribution < -0.4 is 0 Å². The number of hydrogen-bond donors (Lipinski definition) is 0. The second-order valence-corrected chi connectivity index (χ2v) is 10.2. The van der Waals surface area contributed by atoms with E-state index in [1.165, 1.54) is 12.8 Å². The molecule has 0 aromatic heterocycles. The summed E-state index contributed by atoms with van der Waals surface area (Å²) in [7, 11) is -3.10. The molecule has 5 nitrogen and oxygen atoms in total. The Bertz CT molecular complexity index is 807. The molecule has 136 valence electrons. The highest BCUT2D eigenvalue weighted by molar-refractivity contribution is 7.91. The first kappa shape index (κ1) is 17.3. The summed E-state index contributed by atoms with van der Waals surface area (Å²) in [5.74, 6) is 0.842. The molecule has 4 rings (SSSR count). The van der Waals surface area contributed by atoms with E-state index in [1.54, 1.807) is 17.0 Å². The van der Waals surface area contributed by atoms with Crippen LogP contribution in [0.15, 0.2) is 18.2 Å². The lowest BCUT2D eigenvalue weighted by Crippen LogP contribution is -2.60. The summed E-state index contributed by atoms with van der Waals surface area (Å²) >= 11 is 6.17. The monoisotopic (exact) mass is 382 g/mol. The van der Waals surface area contributed by atoms with Gasteiger partial charge in [0.25, 0.3) is 5.91 Å². The number of halogens is 1. The maximum atomic E-state index is 13.0. The Labute approximate surface area is 153 Å². The van der Waals surface area contributed by atoms with Crippen molar-refractivity contribution < 1.29 is 13.2 Å². The summed E-state index contributed by atoms with van der Waals surface area (Å²) in [5, 5.41) is 0.564. The van der Waals surface area contributed by atoms with E-state index >= 15 is 0 Å². The molecule has 2 saturated heterocycles. The second kappa shape index (κ2) is 6.25. The highest BCUT2D eigenvalue weighted by Crippen LogP contribution is 2.34. The van der Waals surface area contributed by atoms with Gasteiger partial charge in [-0.25, -0.2) is 8.42 Å². The van der Waals surface area contributed by atoms with Gasteiger partial charge in [-0.1, -0.05) is 17.7 Å². The third-order valence-electron chi connectivity index (χ3n) is 5.66. The van der Waals surface area contributed by atoms with Crippen molar-refractivity contribution >= 4 is 27.3 Å². The van der Waals surface area contributed by atoms with Crippen LogP contribution in [0.4, 0.5) is 0 Å². The van der Waals surface area contributed by atoms with Gasteiger partial charge in [-0.05, 0) is 43.4 Å². The molecule has 3 aliphatic rings. The summed E-state index contributed by atoms with van der Waals surface area (Å²) in [4.78, 5) is 17.1. The first-order valence-corrected chi connectivity index (χ1v) is 11.1. The van der Waals surface area contributed by atoms with E-state index in [0.29, 0.717) is 23.0 Å². The summed E-state index contributed by atoms with van der Waals surface area (Å²) in [6, 6.07) is 4.99. The number of sulfone groups is 1. The van der Waals surface area contributed by atoms with Gasteiger partial charge in [-0.2, -0.15) is 0 Å². The van der Waals surface area contributed by atoms with Gasteiger partial charge in [-0.3, -0.25) is 9.69 Å². The Hall–Kier alpha value is -1.11. The largest absolute Gasteiger partial charge is 0.332 e. The number of hydrogen-bond acceptors (Lipinski definition) is 4.